The summed E-state index contributed by atoms with van der Waals surface area (Å²) in [5.74, 6) is -0.153. The van der Waals surface area contributed by atoms with E-state index in [1.165, 1.54) is 6.07 Å². The van der Waals surface area contributed by atoms with E-state index >= 15 is 0 Å². The van der Waals surface area contributed by atoms with Crippen molar-refractivity contribution in [2.24, 2.45) is 0 Å². The Hall–Kier alpha value is -0.490. The van der Waals surface area contributed by atoms with E-state index in [2.05, 4.69) is 22.6 Å². The molecule has 1 aromatic rings. The molecule has 0 aromatic heterocycles. The molecule has 2 rings (SSSR count). The molecular formula is C11H10FIO2. The lowest BCUT2D eigenvalue weighted by Crippen LogP contribution is -2.20. The molecule has 2 nitrogen and oxygen atoms in total. The molecule has 0 bridgehead atoms. The van der Waals surface area contributed by atoms with Crippen LogP contribution in [0.25, 0.3) is 0 Å². The molecule has 0 amide bonds. The Morgan fingerprint density at radius 2 is 2.27 bits per heavy atom. The maximum atomic E-state index is 13.5. The summed E-state index contributed by atoms with van der Waals surface area (Å²) in [4.78, 5) is 11.2. The molecule has 1 saturated heterocycles. The monoisotopic (exact) mass is 320 g/mol. The quantitative estimate of drug-likeness (QED) is 0.744. The van der Waals surface area contributed by atoms with Crippen LogP contribution in [0.4, 0.5) is 4.39 Å². The highest BCUT2D eigenvalue weighted by atomic mass is 127. The van der Waals surface area contributed by atoms with E-state index in [-0.39, 0.29) is 18.0 Å². The van der Waals surface area contributed by atoms with E-state index in [1.807, 2.05) is 0 Å². The maximum Gasteiger partial charge on any atom is 0.138 e. The van der Waals surface area contributed by atoms with Gasteiger partial charge in [-0.25, -0.2) is 4.39 Å². The van der Waals surface area contributed by atoms with Gasteiger partial charge < -0.3 is 4.74 Å². The Balaban J connectivity index is 2.27. The Morgan fingerprint density at radius 3 is 3.00 bits per heavy atom. The Bertz CT molecular complexity index is 392. The molecule has 4 heteroatoms. The van der Waals surface area contributed by atoms with Gasteiger partial charge in [0.05, 0.1) is 12.7 Å². The van der Waals surface area contributed by atoms with Gasteiger partial charge in [0.2, 0.25) is 0 Å². The van der Waals surface area contributed by atoms with Crippen LogP contribution in [0.1, 0.15) is 24.5 Å². The Labute approximate surface area is 101 Å². The second-order valence-electron chi connectivity index (χ2n) is 3.52. The van der Waals surface area contributed by atoms with Crippen LogP contribution in [-0.4, -0.2) is 12.4 Å². The minimum Gasteiger partial charge on any atom is -0.372 e. The first-order valence-electron chi connectivity index (χ1n) is 4.75. The normalized spacial score (nSPS) is 21.7. The zero-order chi connectivity index (χ0) is 10.8. The lowest BCUT2D eigenvalue weighted by Gasteiger charge is -2.22. The number of halogens is 2. The van der Waals surface area contributed by atoms with Crippen molar-refractivity contribution in [3.8, 4) is 0 Å². The van der Waals surface area contributed by atoms with Crippen LogP contribution in [0.5, 0.6) is 0 Å². The van der Waals surface area contributed by atoms with Crippen LogP contribution >= 0.6 is 22.6 Å². The predicted octanol–water partition coefficient (Wildman–Crippen LogP) is 2.85. The first-order valence-corrected chi connectivity index (χ1v) is 5.83. The minimum atomic E-state index is -0.402. The molecule has 1 unspecified atom stereocenters. The fourth-order valence-corrected chi connectivity index (χ4v) is 2.16. The second-order valence-corrected chi connectivity index (χ2v) is 4.76. The smallest absolute Gasteiger partial charge is 0.138 e. The highest BCUT2D eigenvalue weighted by molar-refractivity contribution is 14.1. The summed E-state index contributed by atoms with van der Waals surface area (Å²) in [5.41, 5.74) is 0.495. The van der Waals surface area contributed by atoms with Gasteiger partial charge >= 0.3 is 0 Å². The van der Waals surface area contributed by atoms with E-state index in [9.17, 15) is 9.18 Å². The van der Waals surface area contributed by atoms with Crippen LogP contribution in [0.3, 0.4) is 0 Å². The average Bonchev–Trinajstić information content (AvgIpc) is 2.22. The number of hydrogen-bond donors (Lipinski definition) is 0. The van der Waals surface area contributed by atoms with Crippen molar-refractivity contribution in [2.75, 3.05) is 6.61 Å². The molecule has 0 saturated carbocycles. The third-order valence-electron chi connectivity index (χ3n) is 2.42. The zero-order valence-electron chi connectivity index (χ0n) is 8.00. The fraction of sp³-hybridized carbons (Fsp3) is 0.364. The first kappa shape index (κ1) is 11.0. The average molecular weight is 320 g/mol. The Morgan fingerprint density at radius 1 is 1.47 bits per heavy atom. The Kier molecular flexibility index (Phi) is 3.35. The van der Waals surface area contributed by atoms with Gasteiger partial charge in [0, 0.05) is 22.0 Å². The molecular weight excluding hydrogens is 310 g/mol. The molecule has 0 spiro atoms. The lowest BCUT2D eigenvalue weighted by molar-refractivity contribution is -0.128. The first-order chi connectivity index (χ1) is 7.16. The van der Waals surface area contributed by atoms with E-state index < -0.39 is 6.10 Å². The lowest BCUT2D eigenvalue weighted by atomic mass is 10.0. The summed E-state index contributed by atoms with van der Waals surface area (Å²) in [6.45, 7) is 0.397. The summed E-state index contributed by atoms with van der Waals surface area (Å²) >= 11 is 2.12. The van der Waals surface area contributed by atoms with Crippen LogP contribution in [0, 0.1) is 9.39 Å². The zero-order valence-corrected chi connectivity index (χ0v) is 10.2. The van der Waals surface area contributed by atoms with E-state index in [1.54, 1.807) is 12.1 Å². The molecule has 0 N–H and O–H groups in total. The number of carbonyl (C=O) groups excluding carboxylic acids is 1. The predicted molar refractivity (Wildman–Crippen MR) is 62.1 cm³/mol. The summed E-state index contributed by atoms with van der Waals surface area (Å²) < 4.78 is 19.8. The fourth-order valence-electron chi connectivity index (χ4n) is 1.64. The summed E-state index contributed by atoms with van der Waals surface area (Å²) in [5, 5.41) is 0. The number of ether oxygens (including phenoxy) is 1. The summed E-state index contributed by atoms with van der Waals surface area (Å²) in [6, 6.07) is 4.85. The number of benzene rings is 1. The van der Waals surface area contributed by atoms with Crippen molar-refractivity contribution in [3.63, 3.8) is 0 Å². The highest BCUT2D eigenvalue weighted by Crippen LogP contribution is 2.29. The maximum absolute atomic E-state index is 13.5. The van der Waals surface area contributed by atoms with Gasteiger partial charge in [-0.1, -0.05) is 0 Å². The number of Topliss-reactive ketones (excluding diaryl/α,β-unsaturated/α-hetero) is 1. The van der Waals surface area contributed by atoms with Crippen molar-refractivity contribution in [3.05, 3.63) is 33.1 Å². The minimum absolute atomic E-state index is 0.143. The number of rotatable bonds is 1. The van der Waals surface area contributed by atoms with E-state index in [4.69, 9.17) is 4.74 Å². The van der Waals surface area contributed by atoms with Crippen molar-refractivity contribution in [1.29, 1.82) is 0 Å². The number of ketones is 1. The van der Waals surface area contributed by atoms with Gasteiger partial charge in [-0.3, -0.25) is 4.79 Å². The topological polar surface area (TPSA) is 26.3 Å². The van der Waals surface area contributed by atoms with Crippen molar-refractivity contribution >= 4 is 28.4 Å². The molecule has 1 aliphatic rings. The molecule has 1 fully saturated rings. The molecule has 1 aromatic carbocycles. The van der Waals surface area contributed by atoms with Crippen LogP contribution in [0.2, 0.25) is 0 Å². The van der Waals surface area contributed by atoms with Gasteiger partial charge in [0.25, 0.3) is 0 Å². The van der Waals surface area contributed by atoms with Crippen LogP contribution in [0.15, 0.2) is 18.2 Å². The molecule has 0 aliphatic carbocycles. The van der Waals surface area contributed by atoms with Gasteiger partial charge in [-0.15, -0.1) is 0 Å². The third-order valence-corrected chi connectivity index (χ3v) is 3.09. The largest absolute Gasteiger partial charge is 0.372 e. The number of carbonyl (C=O) groups is 1. The van der Waals surface area contributed by atoms with Crippen molar-refractivity contribution < 1.29 is 13.9 Å². The van der Waals surface area contributed by atoms with Gasteiger partial charge in [-0.2, -0.15) is 0 Å². The van der Waals surface area contributed by atoms with Crippen molar-refractivity contribution in [2.45, 2.75) is 18.9 Å². The van der Waals surface area contributed by atoms with Crippen LogP contribution < -0.4 is 0 Å². The van der Waals surface area contributed by atoms with E-state index in [0.717, 1.165) is 3.57 Å². The summed E-state index contributed by atoms with van der Waals surface area (Å²) in [7, 11) is 0. The summed E-state index contributed by atoms with van der Waals surface area (Å²) in [6.07, 6.45) is 0.333. The third kappa shape index (κ3) is 2.55. The van der Waals surface area contributed by atoms with Crippen LogP contribution in [-0.2, 0) is 9.53 Å². The molecule has 0 radical (unpaired) electrons. The molecule has 1 atom stereocenters. The highest BCUT2D eigenvalue weighted by Gasteiger charge is 2.24. The molecule has 1 aliphatic heterocycles. The van der Waals surface area contributed by atoms with E-state index in [0.29, 0.717) is 18.6 Å². The van der Waals surface area contributed by atoms with Gasteiger partial charge in [0.1, 0.15) is 11.6 Å². The van der Waals surface area contributed by atoms with Crippen molar-refractivity contribution in [1.82, 2.24) is 0 Å². The standard InChI is InChI=1S/C11H10FIO2/c12-10-2-1-7(13)5-9(10)11-6-8(14)3-4-15-11/h1-2,5,11H,3-4,6H2. The SMILES string of the molecule is O=C1CCOC(c2cc(I)ccc2F)C1. The molecule has 15 heavy (non-hydrogen) atoms. The molecule has 80 valence electrons. The van der Waals surface area contributed by atoms with Gasteiger partial charge in [0.15, 0.2) is 0 Å². The molecule has 1 heterocycles. The number of hydrogen-bond acceptors (Lipinski definition) is 2. The second kappa shape index (κ2) is 4.57. The van der Waals surface area contributed by atoms with Gasteiger partial charge in [-0.05, 0) is 40.8 Å².